The van der Waals surface area contributed by atoms with Gasteiger partial charge in [0.15, 0.2) is 11.5 Å². The molecule has 0 unspecified atom stereocenters. The Morgan fingerprint density at radius 3 is 2.48 bits per heavy atom. The van der Waals surface area contributed by atoms with E-state index in [1.807, 2.05) is 25.1 Å². The maximum Gasteiger partial charge on any atom is 0.180 e. The summed E-state index contributed by atoms with van der Waals surface area (Å²) in [6, 6.07) is 10.8. The maximum absolute atomic E-state index is 9.22. The summed E-state index contributed by atoms with van der Waals surface area (Å²) >= 11 is 12.3. The van der Waals surface area contributed by atoms with Gasteiger partial charge >= 0.3 is 0 Å². The van der Waals surface area contributed by atoms with Gasteiger partial charge in [-0.3, -0.25) is 0 Å². The van der Waals surface area contributed by atoms with Crippen LogP contribution in [0.25, 0.3) is 0 Å². The zero-order valence-electron chi connectivity index (χ0n) is 11.6. The fourth-order valence-corrected chi connectivity index (χ4v) is 2.36. The molecule has 2 aromatic rings. The number of hydrogen-bond acceptors (Lipinski definition) is 3. The predicted octanol–water partition coefficient (Wildman–Crippen LogP) is 4.46. The number of ether oxygens (including phenoxy) is 2. The van der Waals surface area contributed by atoms with E-state index in [-0.39, 0.29) is 13.2 Å². The molecule has 0 saturated carbocycles. The van der Waals surface area contributed by atoms with Crippen LogP contribution in [0.1, 0.15) is 18.1 Å². The molecule has 21 heavy (non-hydrogen) atoms. The summed E-state index contributed by atoms with van der Waals surface area (Å²) < 4.78 is 11.3. The molecule has 5 heteroatoms. The lowest BCUT2D eigenvalue weighted by molar-refractivity contribution is 0.264. The molecule has 2 aromatic carbocycles. The van der Waals surface area contributed by atoms with Crippen molar-refractivity contribution < 1.29 is 14.6 Å². The van der Waals surface area contributed by atoms with Gasteiger partial charge in [0.2, 0.25) is 0 Å². The average Bonchev–Trinajstić information content (AvgIpc) is 2.48. The Labute approximate surface area is 134 Å². The van der Waals surface area contributed by atoms with Gasteiger partial charge in [0.25, 0.3) is 0 Å². The third-order valence-electron chi connectivity index (χ3n) is 2.88. The molecule has 0 aliphatic carbocycles. The highest BCUT2D eigenvalue weighted by molar-refractivity contribution is 6.32. The van der Waals surface area contributed by atoms with Crippen molar-refractivity contribution in [1.82, 2.24) is 0 Å². The van der Waals surface area contributed by atoms with Gasteiger partial charge in [-0.25, -0.2) is 0 Å². The molecule has 0 spiro atoms. The fraction of sp³-hybridized carbons (Fsp3) is 0.250. The van der Waals surface area contributed by atoms with E-state index in [0.717, 1.165) is 5.56 Å². The number of halogens is 2. The number of rotatable bonds is 6. The van der Waals surface area contributed by atoms with Crippen LogP contribution in [0.4, 0.5) is 0 Å². The highest BCUT2D eigenvalue weighted by Crippen LogP contribution is 2.37. The van der Waals surface area contributed by atoms with Crippen molar-refractivity contribution in [3.8, 4) is 11.5 Å². The minimum Gasteiger partial charge on any atom is -0.490 e. The van der Waals surface area contributed by atoms with Crippen LogP contribution in [0.3, 0.4) is 0 Å². The predicted molar refractivity (Wildman–Crippen MR) is 84.3 cm³/mol. The number of benzene rings is 2. The standard InChI is InChI=1S/C16H16Cl2O3/c1-2-20-15-8-11(9-19)7-14(18)16(15)21-10-12-5-3-4-6-13(12)17/h3-8,19H,2,9-10H2,1H3. The molecule has 112 valence electrons. The van der Waals surface area contributed by atoms with Crippen LogP contribution < -0.4 is 9.47 Å². The van der Waals surface area contributed by atoms with E-state index in [4.69, 9.17) is 32.7 Å². The van der Waals surface area contributed by atoms with Crippen LogP contribution in [-0.2, 0) is 13.2 Å². The van der Waals surface area contributed by atoms with Crippen molar-refractivity contribution >= 4 is 23.2 Å². The van der Waals surface area contributed by atoms with E-state index in [9.17, 15) is 5.11 Å². The normalized spacial score (nSPS) is 10.5. The van der Waals surface area contributed by atoms with Crippen molar-refractivity contribution in [1.29, 1.82) is 0 Å². The van der Waals surface area contributed by atoms with Crippen LogP contribution >= 0.6 is 23.2 Å². The van der Waals surface area contributed by atoms with Gasteiger partial charge < -0.3 is 14.6 Å². The monoisotopic (exact) mass is 326 g/mol. The highest BCUT2D eigenvalue weighted by Gasteiger charge is 2.13. The molecule has 0 saturated heterocycles. The number of aliphatic hydroxyl groups is 1. The molecule has 0 fully saturated rings. The molecule has 0 amide bonds. The SMILES string of the molecule is CCOc1cc(CO)cc(Cl)c1OCc1ccccc1Cl. The minimum atomic E-state index is -0.107. The van der Waals surface area contributed by atoms with Gasteiger partial charge in [0.05, 0.1) is 18.2 Å². The van der Waals surface area contributed by atoms with E-state index in [2.05, 4.69) is 0 Å². The summed E-state index contributed by atoms with van der Waals surface area (Å²) in [5, 5.41) is 10.3. The third-order valence-corrected chi connectivity index (χ3v) is 3.53. The number of hydrogen-bond donors (Lipinski definition) is 1. The van der Waals surface area contributed by atoms with Crippen LogP contribution in [0.2, 0.25) is 10.0 Å². The summed E-state index contributed by atoms with van der Waals surface area (Å²) in [6.07, 6.45) is 0. The van der Waals surface area contributed by atoms with Gasteiger partial charge in [0.1, 0.15) is 6.61 Å². The van der Waals surface area contributed by atoms with Crippen LogP contribution in [0.15, 0.2) is 36.4 Å². The van der Waals surface area contributed by atoms with Crippen LogP contribution in [-0.4, -0.2) is 11.7 Å². The van der Waals surface area contributed by atoms with Crippen molar-refractivity contribution in [3.05, 3.63) is 57.6 Å². The Morgan fingerprint density at radius 1 is 1.05 bits per heavy atom. The van der Waals surface area contributed by atoms with Gasteiger partial charge in [-0.2, -0.15) is 0 Å². The molecular formula is C16H16Cl2O3. The van der Waals surface area contributed by atoms with Crippen LogP contribution in [0.5, 0.6) is 11.5 Å². The van der Waals surface area contributed by atoms with E-state index < -0.39 is 0 Å². The van der Waals surface area contributed by atoms with E-state index >= 15 is 0 Å². The zero-order valence-corrected chi connectivity index (χ0v) is 13.1. The summed E-state index contributed by atoms with van der Waals surface area (Å²) in [4.78, 5) is 0. The molecule has 0 bridgehead atoms. The summed E-state index contributed by atoms with van der Waals surface area (Å²) in [5.41, 5.74) is 1.54. The Hall–Kier alpha value is -1.42. The second-order valence-electron chi connectivity index (χ2n) is 4.38. The third kappa shape index (κ3) is 4.03. The average molecular weight is 327 g/mol. The summed E-state index contributed by atoms with van der Waals surface area (Å²) in [7, 11) is 0. The zero-order chi connectivity index (χ0) is 15.2. The topological polar surface area (TPSA) is 38.7 Å². The lowest BCUT2D eigenvalue weighted by Crippen LogP contribution is -2.02. The van der Waals surface area contributed by atoms with E-state index in [0.29, 0.717) is 33.7 Å². The molecule has 3 nitrogen and oxygen atoms in total. The molecular weight excluding hydrogens is 311 g/mol. The summed E-state index contributed by atoms with van der Waals surface area (Å²) in [5.74, 6) is 0.969. The summed E-state index contributed by atoms with van der Waals surface area (Å²) in [6.45, 7) is 2.54. The first-order chi connectivity index (χ1) is 10.2. The van der Waals surface area contributed by atoms with E-state index in [1.165, 1.54) is 0 Å². The maximum atomic E-state index is 9.22. The van der Waals surface area contributed by atoms with Crippen LogP contribution in [0, 0.1) is 0 Å². The van der Waals surface area contributed by atoms with Gasteiger partial charge in [0, 0.05) is 10.6 Å². The minimum absolute atomic E-state index is 0.107. The molecule has 2 rings (SSSR count). The van der Waals surface area contributed by atoms with E-state index in [1.54, 1.807) is 18.2 Å². The number of aliphatic hydroxyl groups excluding tert-OH is 1. The first-order valence-corrected chi connectivity index (χ1v) is 7.33. The molecule has 0 radical (unpaired) electrons. The fourth-order valence-electron chi connectivity index (χ4n) is 1.88. The molecule has 0 heterocycles. The lowest BCUT2D eigenvalue weighted by Gasteiger charge is -2.15. The van der Waals surface area contributed by atoms with Crippen molar-refractivity contribution in [2.24, 2.45) is 0 Å². The highest BCUT2D eigenvalue weighted by atomic mass is 35.5. The van der Waals surface area contributed by atoms with Gasteiger partial charge in [-0.1, -0.05) is 41.4 Å². The smallest absolute Gasteiger partial charge is 0.180 e. The van der Waals surface area contributed by atoms with Crippen molar-refractivity contribution in [2.75, 3.05) is 6.61 Å². The Kier molecular flexibility index (Phi) is 5.74. The Balaban J connectivity index is 2.24. The Morgan fingerprint density at radius 2 is 1.81 bits per heavy atom. The first-order valence-electron chi connectivity index (χ1n) is 6.58. The molecule has 0 aliphatic rings. The second-order valence-corrected chi connectivity index (χ2v) is 5.19. The lowest BCUT2D eigenvalue weighted by atomic mass is 10.2. The van der Waals surface area contributed by atoms with Crippen molar-refractivity contribution in [2.45, 2.75) is 20.1 Å². The van der Waals surface area contributed by atoms with Gasteiger partial charge in [-0.05, 0) is 30.7 Å². The molecule has 0 aromatic heterocycles. The first kappa shape index (κ1) is 16.0. The molecule has 0 atom stereocenters. The Bertz CT molecular complexity index is 614. The quantitative estimate of drug-likeness (QED) is 0.851. The molecule has 1 N–H and O–H groups in total. The second kappa shape index (κ2) is 7.55. The van der Waals surface area contributed by atoms with Gasteiger partial charge in [-0.15, -0.1) is 0 Å². The van der Waals surface area contributed by atoms with Crippen molar-refractivity contribution in [3.63, 3.8) is 0 Å². The molecule has 0 aliphatic heterocycles. The largest absolute Gasteiger partial charge is 0.490 e.